The standard InChI is InChI=1S/C22H26N4O3S/c1-28-18-6-4-16(5-7-18)8-11-23-22(27)17-9-12-26(13-10-17)15-20-24-21(25-29-20)19-3-2-14-30-19/h2-7,14,17H,8-13,15H2,1H3,(H,23,27). The van der Waals surface area contributed by atoms with E-state index in [1.54, 1.807) is 18.4 Å². The zero-order valence-corrected chi connectivity index (χ0v) is 17.9. The molecule has 158 valence electrons. The number of piperidine rings is 1. The van der Waals surface area contributed by atoms with Gasteiger partial charge in [0.05, 0.1) is 18.5 Å². The predicted octanol–water partition coefficient (Wildman–Crippen LogP) is 3.38. The van der Waals surface area contributed by atoms with Crippen molar-refractivity contribution < 1.29 is 14.1 Å². The zero-order chi connectivity index (χ0) is 20.8. The first kappa shape index (κ1) is 20.6. The smallest absolute Gasteiger partial charge is 0.241 e. The van der Waals surface area contributed by atoms with E-state index in [4.69, 9.17) is 9.26 Å². The van der Waals surface area contributed by atoms with Crippen molar-refractivity contribution in [2.24, 2.45) is 5.92 Å². The van der Waals surface area contributed by atoms with E-state index in [1.165, 1.54) is 5.56 Å². The van der Waals surface area contributed by atoms with Crippen LogP contribution in [0.15, 0.2) is 46.3 Å². The van der Waals surface area contributed by atoms with Gasteiger partial charge < -0.3 is 14.6 Å². The molecule has 30 heavy (non-hydrogen) atoms. The summed E-state index contributed by atoms with van der Waals surface area (Å²) in [5, 5.41) is 9.14. The summed E-state index contributed by atoms with van der Waals surface area (Å²) in [5.41, 5.74) is 1.19. The maximum Gasteiger partial charge on any atom is 0.241 e. The van der Waals surface area contributed by atoms with Crippen molar-refractivity contribution >= 4 is 17.2 Å². The number of rotatable bonds is 8. The topological polar surface area (TPSA) is 80.5 Å². The van der Waals surface area contributed by atoms with Crippen LogP contribution in [0.25, 0.3) is 10.7 Å². The highest BCUT2D eigenvalue weighted by Crippen LogP contribution is 2.23. The molecule has 0 aliphatic carbocycles. The fourth-order valence-electron chi connectivity index (χ4n) is 3.64. The second-order valence-electron chi connectivity index (χ2n) is 7.43. The molecule has 0 spiro atoms. The van der Waals surface area contributed by atoms with Crippen molar-refractivity contribution in [2.75, 3.05) is 26.7 Å². The Morgan fingerprint density at radius 3 is 2.77 bits per heavy atom. The van der Waals surface area contributed by atoms with Gasteiger partial charge in [-0.25, -0.2) is 0 Å². The molecule has 0 bridgehead atoms. The lowest BCUT2D eigenvalue weighted by molar-refractivity contribution is -0.126. The van der Waals surface area contributed by atoms with Crippen LogP contribution in [0.5, 0.6) is 5.75 Å². The fraction of sp³-hybridized carbons (Fsp3) is 0.409. The van der Waals surface area contributed by atoms with Crippen molar-refractivity contribution in [3.63, 3.8) is 0 Å². The summed E-state index contributed by atoms with van der Waals surface area (Å²) >= 11 is 1.60. The Morgan fingerprint density at radius 1 is 1.27 bits per heavy atom. The zero-order valence-electron chi connectivity index (χ0n) is 17.0. The Kier molecular flexibility index (Phi) is 6.76. The van der Waals surface area contributed by atoms with Gasteiger partial charge in [0.2, 0.25) is 17.6 Å². The largest absolute Gasteiger partial charge is 0.497 e. The van der Waals surface area contributed by atoms with Crippen molar-refractivity contribution in [1.82, 2.24) is 20.4 Å². The molecule has 8 heteroatoms. The van der Waals surface area contributed by atoms with Gasteiger partial charge in [0, 0.05) is 12.5 Å². The third-order valence-corrected chi connectivity index (χ3v) is 6.26. The van der Waals surface area contributed by atoms with E-state index in [9.17, 15) is 4.79 Å². The maximum absolute atomic E-state index is 12.5. The van der Waals surface area contributed by atoms with Crippen LogP contribution in [0.1, 0.15) is 24.3 Å². The summed E-state index contributed by atoms with van der Waals surface area (Å²) in [4.78, 5) is 20.3. The number of aromatic nitrogens is 2. The monoisotopic (exact) mass is 426 g/mol. The van der Waals surface area contributed by atoms with Crippen LogP contribution in [-0.2, 0) is 17.8 Å². The summed E-state index contributed by atoms with van der Waals surface area (Å²) in [5.74, 6) is 2.34. The number of carbonyl (C=O) groups excluding carboxylic acids is 1. The Morgan fingerprint density at radius 2 is 2.07 bits per heavy atom. The highest BCUT2D eigenvalue weighted by molar-refractivity contribution is 7.13. The van der Waals surface area contributed by atoms with E-state index in [0.29, 0.717) is 24.8 Å². The number of hydrogen-bond acceptors (Lipinski definition) is 7. The van der Waals surface area contributed by atoms with Crippen LogP contribution in [0.3, 0.4) is 0 Å². The summed E-state index contributed by atoms with van der Waals surface area (Å²) < 4.78 is 10.6. The van der Waals surface area contributed by atoms with Gasteiger partial charge in [0.25, 0.3) is 0 Å². The molecule has 3 heterocycles. The number of nitrogens with zero attached hydrogens (tertiary/aromatic N) is 3. The molecule has 3 aromatic rings. The molecular formula is C22H26N4O3S. The van der Waals surface area contributed by atoms with Crippen LogP contribution in [0, 0.1) is 5.92 Å². The molecule has 2 aromatic heterocycles. The molecule has 1 saturated heterocycles. The SMILES string of the molecule is COc1ccc(CCNC(=O)C2CCN(Cc3nc(-c4cccs4)no3)CC2)cc1. The van der Waals surface area contributed by atoms with Crippen molar-refractivity contribution in [1.29, 1.82) is 0 Å². The highest BCUT2D eigenvalue weighted by atomic mass is 32.1. The first-order chi connectivity index (χ1) is 14.7. The van der Waals surface area contributed by atoms with Crippen LogP contribution in [0.4, 0.5) is 0 Å². The third kappa shape index (κ3) is 5.25. The second-order valence-corrected chi connectivity index (χ2v) is 8.38. The minimum atomic E-state index is 0.0708. The number of thiophene rings is 1. The van der Waals surface area contributed by atoms with Gasteiger partial charge in [-0.3, -0.25) is 9.69 Å². The van der Waals surface area contributed by atoms with Crippen molar-refractivity contribution in [3.8, 4) is 16.5 Å². The van der Waals surface area contributed by atoms with Crippen molar-refractivity contribution in [3.05, 3.63) is 53.2 Å². The van der Waals surface area contributed by atoms with Gasteiger partial charge >= 0.3 is 0 Å². The van der Waals surface area contributed by atoms with Gasteiger partial charge in [-0.1, -0.05) is 23.4 Å². The van der Waals surface area contributed by atoms with Gasteiger partial charge in [-0.2, -0.15) is 4.98 Å². The number of carbonyl (C=O) groups is 1. The number of likely N-dealkylation sites (tertiary alicyclic amines) is 1. The Balaban J connectivity index is 1.18. The molecule has 1 aliphatic rings. The van der Waals surface area contributed by atoms with Gasteiger partial charge in [0.1, 0.15) is 5.75 Å². The van der Waals surface area contributed by atoms with Crippen LogP contribution in [0.2, 0.25) is 0 Å². The number of amides is 1. The minimum absolute atomic E-state index is 0.0708. The Hall–Kier alpha value is -2.71. The average Bonchev–Trinajstić information content (AvgIpc) is 3.47. The molecule has 1 aromatic carbocycles. The number of hydrogen-bond donors (Lipinski definition) is 1. The first-order valence-corrected chi connectivity index (χ1v) is 11.1. The summed E-state index contributed by atoms with van der Waals surface area (Å²) in [6, 6.07) is 11.9. The number of ether oxygens (including phenoxy) is 1. The maximum atomic E-state index is 12.5. The third-order valence-electron chi connectivity index (χ3n) is 5.40. The second kappa shape index (κ2) is 9.86. The lowest BCUT2D eigenvalue weighted by Gasteiger charge is -2.30. The predicted molar refractivity (Wildman–Crippen MR) is 115 cm³/mol. The number of nitrogens with one attached hydrogen (secondary N) is 1. The average molecular weight is 427 g/mol. The number of methoxy groups -OCH3 is 1. The quantitative estimate of drug-likeness (QED) is 0.595. The Bertz CT molecular complexity index is 932. The van der Waals surface area contributed by atoms with E-state index >= 15 is 0 Å². The van der Waals surface area contributed by atoms with Crippen molar-refractivity contribution in [2.45, 2.75) is 25.8 Å². The molecule has 0 saturated carbocycles. The molecule has 1 N–H and O–H groups in total. The van der Waals surface area contributed by atoms with Gasteiger partial charge in [-0.05, 0) is 61.5 Å². The summed E-state index contributed by atoms with van der Waals surface area (Å²) in [6.45, 7) is 2.99. The normalized spacial score (nSPS) is 15.2. The molecule has 0 radical (unpaired) electrons. The van der Waals surface area contributed by atoms with E-state index in [0.717, 1.165) is 43.0 Å². The molecular weight excluding hydrogens is 400 g/mol. The molecule has 1 aliphatic heterocycles. The van der Waals surface area contributed by atoms with Gasteiger partial charge in [-0.15, -0.1) is 11.3 Å². The molecule has 1 amide bonds. The first-order valence-electron chi connectivity index (χ1n) is 10.2. The Labute approximate surface area is 180 Å². The lowest BCUT2D eigenvalue weighted by atomic mass is 9.96. The summed E-state index contributed by atoms with van der Waals surface area (Å²) in [7, 11) is 1.66. The molecule has 1 fully saturated rings. The minimum Gasteiger partial charge on any atom is -0.497 e. The van der Waals surface area contributed by atoms with Crippen LogP contribution >= 0.6 is 11.3 Å². The summed E-state index contributed by atoms with van der Waals surface area (Å²) in [6.07, 6.45) is 2.51. The lowest BCUT2D eigenvalue weighted by Crippen LogP contribution is -2.40. The highest BCUT2D eigenvalue weighted by Gasteiger charge is 2.25. The molecule has 4 rings (SSSR count). The van der Waals surface area contributed by atoms with E-state index < -0.39 is 0 Å². The molecule has 0 atom stereocenters. The number of benzene rings is 1. The van der Waals surface area contributed by atoms with Crippen LogP contribution in [-0.4, -0.2) is 47.7 Å². The molecule has 7 nitrogen and oxygen atoms in total. The fourth-order valence-corrected chi connectivity index (χ4v) is 4.29. The van der Waals surface area contributed by atoms with E-state index in [2.05, 4.69) is 20.4 Å². The molecule has 0 unspecified atom stereocenters. The van der Waals surface area contributed by atoms with E-state index in [-0.39, 0.29) is 11.8 Å². The van der Waals surface area contributed by atoms with Crippen LogP contribution < -0.4 is 10.1 Å². The van der Waals surface area contributed by atoms with E-state index in [1.807, 2.05) is 41.8 Å². The van der Waals surface area contributed by atoms with Gasteiger partial charge in [0.15, 0.2) is 0 Å².